The van der Waals surface area contributed by atoms with Crippen molar-refractivity contribution in [1.29, 1.82) is 0 Å². The van der Waals surface area contributed by atoms with E-state index in [9.17, 15) is 14.0 Å². The standard InChI is InChI=1S/C24H26FNO4/c1-14(27)21-20(15-7-9-16(25)10-8-15)18-12-11-17(13-19(18)30-24(21,5)6)29-22(28)26-23(2,3)4/h7-13H,1-6H3,(H,26,28). The van der Waals surface area contributed by atoms with Gasteiger partial charge in [0.05, 0.1) is 0 Å². The summed E-state index contributed by atoms with van der Waals surface area (Å²) in [4.78, 5) is 24.6. The Bertz CT molecular complexity index is 1030. The molecule has 0 bridgehead atoms. The van der Waals surface area contributed by atoms with Crippen LogP contribution < -0.4 is 14.8 Å². The molecule has 1 aliphatic rings. The molecule has 0 atom stereocenters. The predicted molar refractivity (Wildman–Crippen MR) is 113 cm³/mol. The van der Waals surface area contributed by atoms with Crippen LogP contribution in [0.25, 0.3) is 5.57 Å². The lowest BCUT2D eigenvalue weighted by atomic mass is 9.81. The molecule has 1 heterocycles. The Labute approximate surface area is 175 Å². The number of ketones is 1. The second kappa shape index (κ2) is 7.59. The Morgan fingerprint density at radius 2 is 1.70 bits per heavy atom. The van der Waals surface area contributed by atoms with Crippen LogP contribution in [0.2, 0.25) is 0 Å². The quantitative estimate of drug-likeness (QED) is 0.747. The molecule has 0 fully saturated rings. The van der Waals surface area contributed by atoms with Gasteiger partial charge in [-0.25, -0.2) is 9.18 Å². The highest BCUT2D eigenvalue weighted by atomic mass is 19.1. The van der Waals surface area contributed by atoms with Gasteiger partial charge < -0.3 is 14.8 Å². The zero-order valence-electron chi connectivity index (χ0n) is 18.1. The van der Waals surface area contributed by atoms with Gasteiger partial charge in [-0.05, 0) is 71.4 Å². The number of hydrogen-bond donors (Lipinski definition) is 1. The van der Waals surface area contributed by atoms with Gasteiger partial charge in [-0.2, -0.15) is 0 Å². The minimum Gasteiger partial charge on any atom is -0.482 e. The molecule has 1 aliphatic heterocycles. The van der Waals surface area contributed by atoms with E-state index in [0.29, 0.717) is 33.8 Å². The Hall–Kier alpha value is -3.15. The largest absolute Gasteiger partial charge is 0.482 e. The summed E-state index contributed by atoms with van der Waals surface area (Å²) in [7, 11) is 0. The van der Waals surface area contributed by atoms with Crippen molar-refractivity contribution in [2.75, 3.05) is 0 Å². The first-order valence-electron chi connectivity index (χ1n) is 9.72. The highest BCUT2D eigenvalue weighted by molar-refractivity contribution is 6.07. The van der Waals surface area contributed by atoms with E-state index in [4.69, 9.17) is 9.47 Å². The van der Waals surface area contributed by atoms with Crippen LogP contribution in [0.1, 0.15) is 52.7 Å². The highest BCUT2D eigenvalue weighted by Gasteiger charge is 2.38. The van der Waals surface area contributed by atoms with Gasteiger partial charge in [0.2, 0.25) is 0 Å². The molecule has 158 valence electrons. The number of amides is 1. The number of fused-ring (bicyclic) bond motifs is 1. The summed E-state index contributed by atoms with van der Waals surface area (Å²) in [6.45, 7) is 10.7. The minimum absolute atomic E-state index is 0.130. The maximum Gasteiger partial charge on any atom is 0.413 e. The average Bonchev–Trinajstić information content (AvgIpc) is 2.58. The third-order valence-corrected chi connectivity index (χ3v) is 4.61. The van der Waals surface area contributed by atoms with E-state index in [2.05, 4.69) is 5.32 Å². The van der Waals surface area contributed by atoms with Crippen LogP contribution in [-0.2, 0) is 4.79 Å². The van der Waals surface area contributed by atoms with E-state index in [1.165, 1.54) is 19.1 Å². The predicted octanol–water partition coefficient (Wildman–Crippen LogP) is 5.27. The molecule has 5 nitrogen and oxygen atoms in total. The summed E-state index contributed by atoms with van der Waals surface area (Å²) in [6.07, 6.45) is -0.573. The van der Waals surface area contributed by atoms with Crippen molar-refractivity contribution in [1.82, 2.24) is 5.32 Å². The summed E-state index contributed by atoms with van der Waals surface area (Å²) >= 11 is 0. The zero-order chi connectivity index (χ0) is 22.3. The van der Waals surface area contributed by atoms with Crippen molar-refractivity contribution in [3.05, 3.63) is 65.0 Å². The van der Waals surface area contributed by atoms with E-state index < -0.39 is 17.2 Å². The van der Waals surface area contributed by atoms with Gasteiger partial charge in [0.25, 0.3) is 0 Å². The lowest BCUT2D eigenvalue weighted by molar-refractivity contribution is -0.115. The van der Waals surface area contributed by atoms with Gasteiger partial charge in [-0.3, -0.25) is 4.79 Å². The Balaban J connectivity index is 2.09. The first-order chi connectivity index (χ1) is 13.9. The van der Waals surface area contributed by atoms with E-state index in [-0.39, 0.29) is 11.6 Å². The van der Waals surface area contributed by atoms with Crippen LogP contribution in [0.4, 0.5) is 9.18 Å². The first-order valence-corrected chi connectivity index (χ1v) is 9.72. The summed E-state index contributed by atoms with van der Waals surface area (Å²) in [6, 6.07) is 11.0. The third kappa shape index (κ3) is 4.53. The summed E-state index contributed by atoms with van der Waals surface area (Å²) in [5.41, 5.74) is 1.21. The van der Waals surface area contributed by atoms with Gasteiger partial charge >= 0.3 is 6.09 Å². The smallest absolute Gasteiger partial charge is 0.413 e. The zero-order valence-corrected chi connectivity index (χ0v) is 18.1. The number of Topliss-reactive ketones (excluding diaryl/α,β-unsaturated/α-hetero) is 1. The number of carbonyl (C=O) groups is 2. The molecule has 1 amide bonds. The third-order valence-electron chi connectivity index (χ3n) is 4.61. The number of hydrogen-bond acceptors (Lipinski definition) is 4. The maximum atomic E-state index is 13.5. The molecule has 3 rings (SSSR count). The lowest BCUT2D eigenvalue weighted by Crippen LogP contribution is -2.42. The van der Waals surface area contributed by atoms with E-state index in [0.717, 1.165) is 0 Å². The fraction of sp³-hybridized carbons (Fsp3) is 0.333. The molecule has 0 unspecified atom stereocenters. The van der Waals surface area contributed by atoms with E-state index >= 15 is 0 Å². The van der Waals surface area contributed by atoms with Gasteiger partial charge in [0.1, 0.15) is 22.9 Å². The maximum absolute atomic E-state index is 13.5. The van der Waals surface area contributed by atoms with Gasteiger partial charge in [0.15, 0.2) is 5.78 Å². The monoisotopic (exact) mass is 411 g/mol. The van der Waals surface area contributed by atoms with Crippen LogP contribution >= 0.6 is 0 Å². The van der Waals surface area contributed by atoms with Gasteiger partial charge in [0, 0.05) is 28.3 Å². The molecule has 0 saturated carbocycles. The van der Waals surface area contributed by atoms with Gasteiger partial charge in [-0.1, -0.05) is 12.1 Å². The Morgan fingerprint density at radius 1 is 1.07 bits per heavy atom. The summed E-state index contributed by atoms with van der Waals surface area (Å²) in [5, 5.41) is 2.73. The normalized spacial score (nSPS) is 15.2. The SMILES string of the molecule is CC(=O)C1=C(c2ccc(F)cc2)c2ccc(OC(=O)NC(C)(C)C)cc2OC1(C)C. The molecular formula is C24H26FNO4. The van der Waals surface area contributed by atoms with Crippen molar-refractivity contribution < 1.29 is 23.5 Å². The minimum atomic E-state index is -0.922. The van der Waals surface area contributed by atoms with E-state index in [1.807, 2.05) is 20.8 Å². The first kappa shape index (κ1) is 21.6. The second-order valence-corrected chi connectivity index (χ2v) is 8.85. The van der Waals surface area contributed by atoms with Crippen LogP contribution in [0, 0.1) is 5.82 Å². The van der Waals surface area contributed by atoms with Crippen molar-refractivity contribution in [3.63, 3.8) is 0 Å². The van der Waals surface area contributed by atoms with Gasteiger partial charge in [-0.15, -0.1) is 0 Å². The van der Waals surface area contributed by atoms with Crippen molar-refractivity contribution in [3.8, 4) is 11.5 Å². The summed E-state index contributed by atoms with van der Waals surface area (Å²) in [5.74, 6) is 0.306. The fourth-order valence-corrected chi connectivity index (χ4v) is 3.57. The topological polar surface area (TPSA) is 64.6 Å². The summed E-state index contributed by atoms with van der Waals surface area (Å²) < 4.78 is 25.0. The fourth-order valence-electron chi connectivity index (χ4n) is 3.57. The number of nitrogens with one attached hydrogen (secondary N) is 1. The molecule has 0 radical (unpaired) electrons. The average molecular weight is 411 g/mol. The molecule has 2 aromatic carbocycles. The highest BCUT2D eigenvalue weighted by Crippen LogP contribution is 2.45. The molecule has 0 aromatic heterocycles. The van der Waals surface area contributed by atoms with Crippen LogP contribution in [0.3, 0.4) is 0 Å². The molecular weight excluding hydrogens is 385 g/mol. The lowest BCUT2D eigenvalue weighted by Gasteiger charge is -2.36. The van der Waals surface area contributed by atoms with Crippen LogP contribution in [0.5, 0.6) is 11.5 Å². The number of benzene rings is 2. The van der Waals surface area contributed by atoms with Crippen LogP contribution in [-0.4, -0.2) is 23.0 Å². The van der Waals surface area contributed by atoms with Crippen LogP contribution in [0.15, 0.2) is 48.0 Å². The molecule has 1 N–H and O–H groups in total. The molecule has 0 aliphatic carbocycles. The molecule has 30 heavy (non-hydrogen) atoms. The number of rotatable bonds is 3. The number of carbonyl (C=O) groups excluding carboxylic acids is 2. The van der Waals surface area contributed by atoms with Crippen molar-refractivity contribution in [2.24, 2.45) is 0 Å². The number of ether oxygens (including phenoxy) is 2. The molecule has 6 heteroatoms. The van der Waals surface area contributed by atoms with Crippen molar-refractivity contribution >= 4 is 17.4 Å². The Kier molecular flexibility index (Phi) is 5.46. The van der Waals surface area contributed by atoms with E-state index in [1.54, 1.807) is 44.2 Å². The number of halogens is 1. The molecule has 2 aromatic rings. The second-order valence-electron chi connectivity index (χ2n) is 8.85. The van der Waals surface area contributed by atoms with Crippen molar-refractivity contribution in [2.45, 2.75) is 52.7 Å². The Morgan fingerprint density at radius 3 is 2.27 bits per heavy atom. The molecule has 0 spiro atoms. The molecule has 0 saturated heterocycles.